The molecular weight excluding hydrogens is 317 g/mol. The summed E-state index contributed by atoms with van der Waals surface area (Å²) in [6.07, 6.45) is 12.7. The molecule has 0 aromatic carbocycles. The molecule has 0 aromatic heterocycles. The fourth-order valence-corrected chi connectivity index (χ4v) is 1.83. The molecule has 0 N–H and O–H groups in total. The van der Waals surface area contributed by atoms with E-state index in [-0.39, 0.29) is 1.43 Å². The van der Waals surface area contributed by atoms with Crippen molar-refractivity contribution in [3.63, 3.8) is 0 Å². The van der Waals surface area contributed by atoms with E-state index in [0.29, 0.717) is 0 Å². The van der Waals surface area contributed by atoms with Crippen LogP contribution in [0.2, 0.25) is 0 Å². The Morgan fingerprint density at radius 3 is 1.81 bits per heavy atom. The summed E-state index contributed by atoms with van der Waals surface area (Å²) in [7, 11) is -8.53. The van der Waals surface area contributed by atoms with Gasteiger partial charge in [0.15, 0.2) is 0 Å². The Hall–Kier alpha value is -0.650. The third kappa shape index (κ3) is 21.8. The second-order valence-electron chi connectivity index (χ2n) is 5.24. The van der Waals surface area contributed by atoms with Gasteiger partial charge in [0.05, 0.1) is 6.67 Å². The Kier molecular flexibility index (Phi) is 6.85. The molecule has 2 nitrogen and oxygen atoms in total. The molecule has 0 saturated heterocycles. The third-order valence-electron chi connectivity index (χ3n) is 2.74. The van der Waals surface area contributed by atoms with Crippen molar-refractivity contribution < 1.29 is 26.6 Å². The Morgan fingerprint density at radius 2 is 1.38 bits per heavy atom. The van der Waals surface area contributed by atoms with Gasteiger partial charge in [-0.2, -0.15) is 0 Å². The summed E-state index contributed by atoms with van der Waals surface area (Å²) in [4.78, 5) is 4.61. The van der Waals surface area contributed by atoms with E-state index < -0.39 is 7.81 Å². The molecule has 0 spiro atoms. The first-order valence-electron chi connectivity index (χ1n) is 6.97. The van der Waals surface area contributed by atoms with Gasteiger partial charge in [0.2, 0.25) is 0 Å². The molecule has 0 bridgehead atoms. The Balaban J connectivity index is 0. The van der Waals surface area contributed by atoms with E-state index in [1.807, 2.05) is 0 Å². The summed E-state index contributed by atoms with van der Waals surface area (Å²) in [5, 5.41) is 0. The molecule has 0 amide bonds. The minimum Gasteiger partial charge on any atom is 1.00 e. The van der Waals surface area contributed by atoms with Gasteiger partial charge in [0, 0.05) is 26.0 Å². The SMILES string of the molecule is CCCCCCCCN1C=CN(C)C1.F[P-](F)(F)(F)(F)F.[H+]. The maximum absolute atomic E-state index is 10.7. The van der Waals surface area contributed by atoms with Crippen molar-refractivity contribution in [1.82, 2.24) is 9.80 Å². The molecule has 0 aliphatic carbocycles. The normalized spacial score (nSPS) is 18.1. The second kappa shape index (κ2) is 7.07. The van der Waals surface area contributed by atoms with Crippen LogP contribution in [-0.4, -0.2) is 30.1 Å². The number of rotatable bonds is 7. The van der Waals surface area contributed by atoms with Crippen molar-refractivity contribution in [2.24, 2.45) is 0 Å². The molecule has 130 valence electrons. The van der Waals surface area contributed by atoms with Gasteiger partial charge in [-0.25, -0.2) is 0 Å². The predicted octanol–water partition coefficient (Wildman–Crippen LogP) is 6.52. The first-order valence-corrected chi connectivity index (χ1v) is 9.00. The van der Waals surface area contributed by atoms with Crippen LogP contribution >= 0.6 is 7.81 Å². The summed E-state index contributed by atoms with van der Waals surface area (Å²) < 4.78 is 59.2. The maximum atomic E-state index is 9.87. The smallest absolute Gasteiger partial charge is 1.00 e. The molecule has 1 aliphatic heterocycles. The van der Waals surface area contributed by atoms with Gasteiger partial charge in [0.1, 0.15) is 0 Å². The zero-order valence-electron chi connectivity index (χ0n) is 13.4. The average molecular weight is 342 g/mol. The van der Waals surface area contributed by atoms with Gasteiger partial charge in [-0.15, -0.1) is 0 Å². The van der Waals surface area contributed by atoms with Crippen molar-refractivity contribution >= 4 is 7.81 Å². The van der Waals surface area contributed by atoms with E-state index in [0.717, 1.165) is 6.67 Å². The summed E-state index contributed by atoms with van der Waals surface area (Å²) in [5.74, 6) is 0. The molecule has 9 heteroatoms. The zero-order valence-corrected chi connectivity index (χ0v) is 13.3. The number of hydrogen-bond donors (Lipinski definition) is 0. The average Bonchev–Trinajstić information content (AvgIpc) is 2.65. The monoisotopic (exact) mass is 342 g/mol. The van der Waals surface area contributed by atoms with Gasteiger partial charge in [-0.05, 0) is 6.42 Å². The quantitative estimate of drug-likeness (QED) is 0.295. The van der Waals surface area contributed by atoms with Crippen molar-refractivity contribution in [3.05, 3.63) is 12.4 Å². The first-order chi connectivity index (χ1) is 9.28. The molecule has 0 saturated carbocycles. The van der Waals surface area contributed by atoms with Crippen LogP contribution < -0.4 is 0 Å². The molecule has 0 fully saturated rings. The first kappa shape index (κ1) is 20.3. The molecule has 1 heterocycles. The van der Waals surface area contributed by atoms with Crippen molar-refractivity contribution in [3.8, 4) is 0 Å². The minimum absolute atomic E-state index is 0. The van der Waals surface area contributed by atoms with Crippen LogP contribution in [0.3, 0.4) is 0 Å². The van der Waals surface area contributed by atoms with E-state index in [4.69, 9.17) is 0 Å². The molecule has 1 aliphatic rings. The van der Waals surface area contributed by atoms with E-state index in [2.05, 4.69) is 36.2 Å². The van der Waals surface area contributed by atoms with Crippen molar-refractivity contribution in [2.75, 3.05) is 20.3 Å². The van der Waals surface area contributed by atoms with Crippen LogP contribution in [-0.2, 0) is 0 Å². The molecule has 1 rings (SSSR count). The molecule has 0 unspecified atom stereocenters. The Labute approximate surface area is 123 Å². The van der Waals surface area contributed by atoms with E-state index in [1.165, 1.54) is 45.1 Å². The Morgan fingerprint density at radius 1 is 0.905 bits per heavy atom. The van der Waals surface area contributed by atoms with Crippen LogP contribution in [0, 0.1) is 0 Å². The molecule has 21 heavy (non-hydrogen) atoms. The summed E-state index contributed by atoms with van der Waals surface area (Å²) in [6, 6.07) is 0. The summed E-state index contributed by atoms with van der Waals surface area (Å²) in [6.45, 7) is 4.58. The van der Waals surface area contributed by atoms with E-state index in [1.54, 1.807) is 0 Å². The van der Waals surface area contributed by atoms with Crippen LogP contribution in [0.15, 0.2) is 12.4 Å². The summed E-state index contributed by atoms with van der Waals surface area (Å²) in [5.41, 5.74) is 0. The third-order valence-corrected chi connectivity index (χ3v) is 2.74. The molecular formula is C12H25F6N2P. The Bertz CT molecular complexity index is 321. The maximum Gasteiger partial charge on any atom is 1.00 e. The van der Waals surface area contributed by atoms with Crippen LogP contribution in [0.5, 0.6) is 0 Å². The second-order valence-corrected chi connectivity index (χ2v) is 7.15. The van der Waals surface area contributed by atoms with Crippen LogP contribution in [0.1, 0.15) is 46.9 Å². The number of hydrogen-bond acceptors (Lipinski definition) is 2. The van der Waals surface area contributed by atoms with Crippen molar-refractivity contribution in [2.45, 2.75) is 45.4 Å². The fraction of sp³-hybridized carbons (Fsp3) is 0.833. The van der Waals surface area contributed by atoms with Gasteiger partial charge in [-0.3, -0.25) is 0 Å². The minimum atomic E-state index is -10.7. The predicted molar refractivity (Wildman–Crippen MR) is 76.5 cm³/mol. The zero-order chi connectivity index (χ0) is 16.6. The van der Waals surface area contributed by atoms with E-state index >= 15 is 0 Å². The van der Waals surface area contributed by atoms with Crippen LogP contribution in [0.4, 0.5) is 25.2 Å². The largest absolute Gasteiger partial charge is 1.00 e. The van der Waals surface area contributed by atoms with Gasteiger partial charge >= 0.3 is 34.4 Å². The number of halogens is 6. The van der Waals surface area contributed by atoms with Crippen LogP contribution in [0.25, 0.3) is 0 Å². The number of unbranched alkanes of at least 4 members (excludes halogenated alkanes) is 5. The molecule has 0 radical (unpaired) electrons. The van der Waals surface area contributed by atoms with Gasteiger partial charge in [-0.1, -0.05) is 39.0 Å². The van der Waals surface area contributed by atoms with Gasteiger partial charge < -0.3 is 9.80 Å². The standard InChI is InChI=1S/C12H24N2.F6P/c1-3-4-5-6-7-8-9-14-11-10-13(2)12-14;1-7(2,3,4,5)6/h10-11H,3-9,12H2,1-2H3;/q;-1/p+1. The molecule has 0 atom stereocenters. The number of nitrogens with zero attached hydrogens (tertiary/aromatic N) is 2. The van der Waals surface area contributed by atoms with E-state index in [9.17, 15) is 25.2 Å². The van der Waals surface area contributed by atoms with Gasteiger partial charge in [0.25, 0.3) is 0 Å². The van der Waals surface area contributed by atoms with Crippen molar-refractivity contribution in [1.29, 1.82) is 0 Å². The summed E-state index contributed by atoms with van der Waals surface area (Å²) >= 11 is 0. The topological polar surface area (TPSA) is 6.48 Å². The molecule has 0 aromatic rings. The fourth-order valence-electron chi connectivity index (χ4n) is 1.83.